The summed E-state index contributed by atoms with van der Waals surface area (Å²) in [5.41, 5.74) is 0.939. The first kappa shape index (κ1) is 14.5. The van der Waals surface area contributed by atoms with Gasteiger partial charge in [-0.1, -0.05) is 11.8 Å². The van der Waals surface area contributed by atoms with Crippen molar-refractivity contribution in [3.05, 3.63) is 46.1 Å². The number of hydrogen-bond donors (Lipinski definition) is 1. The van der Waals surface area contributed by atoms with E-state index in [2.05, 4.69) is 10.2 Å². The summed E-state index contributed by atoms with van der Waals surface area (Å²) >= 11 is 1.41. The van der Waals surface area contributed by atoms with E-state index in [1.54, 1.807) is 20.1 Å². The fourth-order valence-corrected chi connectivity index (χ4v) is 2.94. The van der Waals surface area contributed by atoms with Crippen molar-refractivity contribution in [1.29, 1.82) is 0 Å². The molecule has 0 aliphatic carbocycles. The maximum atomic E-state index is 11.7. The summed E-state index contributed by atoms with van der Waals surface area (Å²) in [4.78, 5) is 11.7. The summed E-state index contributed by atoms with van der Waals surface area (Å²) in [6.45, 7) is 1.77. The molecule has 22 heavy (non-hydrogen) atoms. The van der Waals surface area contributed by atoms with E-state index in [4.69, 9.17) is 15.0 Å². The number of fused-ring (bicyclic) bond motifs is 1. The van der Waals surface area contributed by atoms with Gasteiger partial charge in [-0.25, -0.2) is 9.47 Å². The van der Waals surface area contributed by atoms with Crippen LogP contribution in [0.15, 0.2) is 38.6 Å². The van der Waals surface area contributed by atoms with E-state index in [9.17, 15) is 4.79 Å². The minimum atomic E-state index is -0.401. The summed E-state index contributed by atoms with van der Waals surface area (Å²) in [5, 5.41) is 9.34. The zero-order chi connectivity index (χ0) is 15.7. The molecule has 0 fully saturated rings. The van der Waals surface area contributed by atoms with Gasteiger partial charge in [0.2, 0.25) is 5.16 Å². The Labute approximate surface area is 130 Å². The molecule has 0 saturated carbocycles. The van der Waals surface area contributed by atoms with Crippen LogP contribution in [0.4, 0.5) is 0 Å². The predicted octanol–water partition coefficient (Wildman–Crippen LogP) is 1.71. The molecule has 2 heterocycles. The molecule has 0 aliphatic heterocycles. The molecule has 0 aliphatic rings. The third-order valence-electron chi connectivity index (χ3n) is 3.23. The van der Waals surface area contributed by atoms with Gasteiger partial charge in [0.05, 0.1) is 7.11 Å². The summed E-state index contributed by atoms with van der Waals surface area (Å²) < 4.78 is 11.8. The summed E-state index contributed by atoms with van der Waals surface area (Å²) in [6.07, 6.45) is 0. The van der Waals surface area contributed by atoms with Crippen LogP contribution < -0.4 is 16.2 Å². The number of hydrogen-bond acceptors (Lipinski definition) is 7. The van der Waals surface area contributed by atoms with Crippen LogP contribution in [0.25, 0.3) is 11.0 Å². The molecule has 7 nitrogen and oxygen atoms in total. The second kappa shape index (κ2) is 5.72. The Balaban J connectivity index is 1.96. The number of nitrogens with zero attached hydrogens (tertiary/aromatic N) is 3. The van der Waals surface area contributed by atoms with Crippen LogP contribution in [0.5, 0.6) is 5.75 Å². The number of methoxy groups -OCH3 is 1. The average molecular weight is 318 g/mol. The van der Waals surface area contributed by atoms with Gasteiger partial charge in [0.1, 0.15) is 17.2 Å². The van der Waals surface area contributed by atoms with E-state index in [0.717, 1.165) is 10.9 Å². The van der Waals surface area contributed by atoms with E-state index in [0.29, 0.717) is 28.1 Å². The molecule has 3 rings (SSSR count). The molecule has 0 bridgehead atoms. The molecular weight excluding hydrogens is 304 g/mol. The molecule has 0 atom stereocenters. The molecule has 0 amide bonds. The number of ether oxygens (including phenoxy) is 1. The number of aromatic nitrogens is 3. The van der Waals surface area contributed by atoms with Gasteiger partial charge in [-0.05, 0) is 24.6 Å². The largest absolute Gasteiger partial charge is 0.497 e. The van der Waals surface area contributed by atoms with E-state index in [1.165, 1.54) is 22.5 Å². The van der Waals surface area contributed by atoms with E-state index < -0.39 is 5.63 Å². The molecule has 8 heteroatoms. The molecule has 0 saturated heterocycles. The molecule has 114 valence electrons. The Kier molecular flexibility index (Phi) is 3.76. The maximum absolute atomic E-state index is 11.7. The van der Waals surface area contributed by atoms with Crippen LogP contribution in [0.1, 0.15) is 11.4 Å². The highest BCUT2D eigenvalue weighted by molar-refractivity contribution is 7.98. The van der Waals surface area contributed by atoms with Crippen molar-refractivity contribution in [2.45, 2.75) is 17.8 Å². The fraction of sp³-hybridized carbons (Fsp3) is 0.214. The molecule has 3 aromatic rings. The predicted molar refractivity (Wildman–Crippen MR) is 83.5 cm³/mol. The number of aryl methyl sites for hydroxylation is 1. The van der Waals surface area contributed by atoms with Crippen molar-refractivity contribution in [3.63, 3.8) is 0 Å². The standard InChI is InChI=1S/C14H14N4O3S/c1-8-16-17-14(18(8)15)22-7-9-5-13(19)21-12-6-10(20-2)3-4-11(9)12/h3-6H,7,15H2,1-2H3. The topological polar surface area (TPSA) is 96.2 Å². The van der Waals surface area contributed by atoms with Crippen molar-refractivity contribution in [2.24, 2.45) is 0 Å². The van der Waals surface area contributed by atoms with E-state index in [-0.39, 0.29) is 0 Å². The Morgan fingerprint density at radius 1 is 1.36 bits per heavy atom. The molecule has 0 unspecified atom stereocenters. The monoisotopic (exact) mass is 318 g/mol. The third-order valence-corrected chi connectivity index (χ3v) is 4.22. The Bertz CT molecular complexity index is 887. The highest BCUT2D eigenvalue weighted by atomic mass is 32.2. The first-order valence-corrected chi connectivity index (χ1v) is 7.47. The van der Waals surface area contributed by atoms with Crippen LogP contribution in [0.2, 0.25) is 0 Å². The highest BCUT2D eigenvalue weighted by Crippen LogP contribution is 2.27. The second-order valence-electron chi connectivity index (χ2n) is 4.64. The summed E-state index contributed by atoms with van der Waals surface area (Å²) in [5.74, 6) is 7.62. The second-order valence-corrected chi connectivity index (χ2v) is 5.58. The molecule has 0 radical (unpaired) electrons. The Morgan fingerprint density at radius 3 is 2.86 bits per heavy atom. The first-order chi connectivity index (χ1) is 10.6. The Hall–Kier alpha value is -2.48. The van der Waals surface area contributed by atoms with Crippen molar-refractivity contribution in [2.75, 3.05) is 13.0 Å². The zero-order valence-electron chi connectivity index (χ0n) is 12.1. The van der Waals surface area contributed by atoms with Crippen LogP contribution in [0, 0.1) is 6.92 Å². The minimum Gasteiger partial charge on any atom is -0.497 e. The number of rotatable bonds is 4. The summed E-state index contributed by atoms with van der Waals surface area (Å²) in [6, 6.07) is 6.86. The van der Waals surface area contributed by atoms with Crippen LogP contribution >= 0.6 is 11.8 Å². The summed E-state index contributed by atoms with van der Waals surface area (Å²) in [7, 11) is 1.56. The van der Waals surface area contributed by atoms with Gasteiger partial charge in [-0.15, -0.1) is 10.2 Å². The quantitative estimate of drug-likeness (QED) is 0.444. The van der Waals surface area contributed by atoms with Crippen molar-refractivity contribution >= 4 is 22.7 Å². The smallest absolute Gasteiger partial charge is 0.336 e. The van der Waals surface area contributed by atoms with Gasteiger partial charge in [0.25, 0.3) is 0 Å². The normalized spacial score (nSPS) is 11.0. The lowest BCUT2D eigenvalue weighted by atomic mass is 10.1. The van der Waals surface area contributed by atoms with E-state index in [1.807, 2.05) is 12.1 Å². The number of thioether (sulfide) groups is 1. The number of benzene rings is 1. The lowest BCUT2D eigenvalue weighted by molar-refractivity contribution is 0.414. The number of nitrogens with two attached hydrogens (primary N) is 1. The molecule has 0 spiro atoms. The van der Waals surface area contributed by atoms with Crippen LogP contribution in [-0.2, 0) is 5.75 Å². The average Bonchev–Trinajstić information content (AvgIpc) is 2.83. The lowest BCUT2D eigenvalue weighted by Crippen LogP contribution is -2.11. The molecule has 2 aromatic heterocycles. The van der Waals surface area contributed by atoms with Gasteiger partial charge < -0.3 is 15.0 Å². The van der Waals surface area contributed by atoms with Crippen molar-refractivity contribution in [3.8, 4) is 5.75 Å². The highest BCUT2D eigenvalue weighted by Gasteiger charge is 2.11. The molecular formula is C14H14N4O3S. The molecule has 1 aromatic carbocycles. The van der Waals surface area contributed by atoms with Gasteiger partial charge in [0.15, 0.2) is 0 Å². The number of nitrogen functional groups attached to an aromatic ring is 1. The SMILES string of the molecule is COc1ccc2c(CSc3nnc(C)n3N)cc(=O)oc2c1. The van der Waals surface area contributed by atoms with Gasteiger partial charge in [-0.3, -0.25) is 0 Å². The third kappa shape index (κ3) is 2.64. The van der Waals surface area contributed by atoms with Crippen molar-refractivity contribution < 1.29 is 9.15 Å². The zero-order valence-corrected chi connectivity index (χ0v) is 12.9. The van der Waals surface area contributed by atoms with Gasteiger partial charge in [-0.2, -0.15) is 0 Å². The maximum Gasteiger partial charge on any atom is 0.336 e. The minimum absolute atomic E-state index is 0.401. The van der Waals surface area contributed by atoms with Gasteiger partial charge in [0, 0.05) is 23.3 Å². The Morgan fingerprint density at radius 2 is 2.18 bits per heavy atom. The van der Waals surface area contributed by atoms with Gasteiger partial charge >= 0.3 is 5.63 Å². The molecule has 2 N–H and O–H groups in total. The van der Waals surface area contributed by atoms with Crippen LogP contribution in [-0.4, -0.2) is 22.0 Å². The fourth-order valence-electron chi connectivity index (χ4n) is 2.05. The first-order valence-electron chi connectivity index (χ1n) is 6.49. The van der Waals surface area contributed by atoms with Crippen molar-refractivity contribution in [1.82, 2.24) is 14.9 Å². The van der Waals surface area contributed by atoms with E-state index >= 15 is 0 Å². The lowest BCUT2D eigenvalue weighted by Gasteiger charge is -2.06. The van der Waals surface area contributed by atoms with Crippen LogP contribution in [0.3, 0.4) is 0 Å².